The fraction of sp³-hybridized carbons (Fsp3) is 0.455. The van der Waals surface area contributed by atoms with E-state index in [1.165, 1.54) is 52.6 Å². The predicted octanol–water partition coefficient (Wildman–Crippen LogP) is 10.2. The van der Waals surface area contributed by atoms with Gasteiger partial charge in [-0.3, -0.25) is 0 Å². The Morgan fingerprint density at radius 2 is 0.972 bits per heavy atom. The Hall–Kier alpha value is 0.423. The summed E-state index contributed by atoms with van der Waals surface area (Å²) in [5.74, 6) is 10.0. The Labute approximate surface area is 242 Å². The van der Waals surface area contributed by atoms with Crippen molar-refractivity contribution >= 4 is 17.0 Å². The van der Waals surface area contributed by atoms with Gasteiger partial charge in [-0.2, -0.15) is 0 Å². The second kappa shape index (κ2) is 11.1. The van der Waals surface area contributed by atoms with Crippen LogP contribution >= 0.6 is 17.0 Å². The van der Waals surface area contributed by atoms with E-state index >= 15 is 0 Å². The first-order valence-electron chi connectivity index (χ1n) is 12.9. The van der Waals surface area contributed by atoms with Crippen LogP contribution in [-0.2, 0) is 20.8 Å². The molecule has 0 unspecified atom stereocenters. The molecule has 0 heterocycles. The Morgan fingerprint density at radius 3 is 1.31 bits per heavy atom. The van der Waals surface area contributed by atoms with E-state index in [-0.39, 0.29) is 21.7 Å². The molecule has 0 aromatic rings. The number of hydrogen-bond donors (Lipinski definition) is 0. The normalized spacial score (nSPS) is 23.8. The van der Waals surface area contributed by atoms with Crippen molar-refractivity contribution in [2.75, 3.05) is 0 Å². The van der Waals surface area contributed by atoms with Crippen LogP contribution in [0.4, 0.5) is 0 Å². The maximum absolute atomic E-state index is 4.93. The van der Waals surface area contributed by atoms with E-state index in [2.05, 4.69) is 132 Å². The maximum atomic E-state index is 4.93. The molecule has 10 radical (unpaired) electrons. The zero-order chi connectivity index (χ0) is 27.3. The van der Waals surface area contributed by atoms with E-state index in [0.717, 1.165) is 0 Å². The van der Waals surface area contributed by atoms with Gasteiger partial charge in [0.15, 0.2) is 0 Å². The van der Waals surface area contributed by atoms with Gasteiger partial charge in [-0.15, -0.1) is 0 Å². The molecule has 0 N–H and O–H groups in total. The quantitative estimate of drug-likeness (QED) is 0.296. The summed E-state index contributed by atoms with van der Waals surface area (Å²) >= 11 is -0.826. The van der Waals surface area contributed by atoms with E-state index in [0.29, 0.717) is 0 Å². The molecular formula is C33H42Cl2Zr. The van der Waals surface area contributed by atoms with Gasteiger partial charge in [0.1, 0.15) is 0 Å². The summed E-state index contributed by atoms with van der Waals surface area (Å²) < 4.78 is 0. The van der Waals surface area contributed by atoms with E-state index in [9.17, 15) is 0 Å². The van der Waals surface area contributed by atoms with Crippen LogP contribution in [-0.4, -0.2) is 0 Å². The molecule has 0 atom stereocenters. The second-order valence-corrected chi connectivity index (χ2v) is 17.4. The molecule has 3 heteroatoms. The van der Waals surface area contributed by atoms with Crippen LogP contribution in [0.5, 0.6) is 0 Å². The molecule has 4 rings (SSSR count). The standard InChI is InChI=1S/C33H42.2ClH.Zr/c1-30(2,3)21-18-19-22(20-21)33(10,11)29-27-23(14-12-16-25(27)31(4,5)6)24-15-13-17-26(28(24)29)32(7,8)9;;;/h12-20H,1-11H3;2*1H;/q;;;+2/p-2. The molecule has 0 nitrogen and oxygen atoms in total. The van der Waals surface area contributed by atoms with Gasteiger partial charge in [0.2, 0.25) is 0 Å². The zero-order valence-electron chi connectivity index (χ0n) is 24.0. The summed E-state index contributed by atoms with van der Waals surface area (Å²) in [4.78, 5) is 0. The fourth-order valence-electron chi connectivity index (χ4n) is 5.54. The summed E-state index contributed by atoms with van der Waals surface area (Å²) in [6.45, 7) is 25.9. The van der Waals surface area contributed by atoms with E-state index < -0.39 is 20.8 Å². The van der Waals surface area contributed by atoms with Crippen LogP contribution in [0.1, 0.15) is 76.2 Å². The van der Waals surface area contributed by atoms with Crippen LogP contribution < -0.4 is 0 Å². The summed E-state index contributed by atoms with van der Waals surface area (Å²) in [5.41, 5.74) is 3.06. The summed E-state index contributed by atoms with van der Waals surface area (Å²) in [6, 6.07) is 0. The van der Waals surface area contributed by atoms with Crippen LogP contribution in [0, 0.1) is 82.3 Å². The topological polar surface area (TPSA) is 0 Å². The van der Waals surface area contributed by atoms with E-state index in [1.54, 1.807) is 0 Å². The molecule has 4 aliphatic rings. The first-order valence-corrected chi connectivity index (χ1v) is 19.2. The van der Waals surface area contributed by atoms with Gasteiger partial charge in [-0.25, -0.2) is 0 Å². The summed E-state index contributed by atoms with van der Waals surface area (Å²) in [6.07, 6.45) is 21.0. The van der Waals surface area contributed by atoms with Gasteiger partial charge < -0.3 is 0 Å². The molecule has 0 bridgehead atoms. The van der Waals surface area contributed by atoms with Crippen LogP contribution in [0.25, 0.3) is 0 Å². The average molecular weight is 601 g/mol. The van der Waals surface area contributed by atoms with E-state index in [1.807, 2.05) is 0 Å². The minimum atomic E-state index is -0.826. The van der Waals surface area contributed by atoms with Crippen molar-refractivity contribution in [2.45, 2.75) is 76.2 Å². The summed E-state index contributed by atoms with van der Waals surface area (Å²) in [7, 11) is 9.87. The number of halogens is 2. The molecule has 0 amide bonds. The van der Waals surface area contributed by atoms with Gasteiger partial charge >= 0.3 is 37.9 Å². The van der Waals surface area contributed by atoms with Gasteiger partial charge in [-0.1, -0.05) is 124 Å². The third kappa shape index (κ3) is 6.10. The third-order valence-electron chi connectivity index (χ3n) is 7.50. The Bertz CT molecular complexity index is 847. The molecule has 0 aromatic carbocycles. The second-order valence-electron chi connectivity index (χ2n) is 13.7. The van der Waals surface area contributed by atoms with Crippen LogP contribution in [0.2, 0.25) is 0 Å². The molecule has 192 valence electrons. The van der Waals surface area contributed by atoms with Gasteiger partial charge in [0, 0.05) is 29.6 Å². The Morgan fingerprint density at radius 1 is 0.583 bits per heavy atom. The third-order valence-corrected chi connectivity index (χ3v) is 7.50. The van der Waals surface area contributed by atoms with Gasteiger partial charge in [0.25, 0.3) is 0 Å². The molecule has 0 saturated heterocycles. The minimum absolute atomic E-state index is 0.0687. The molecule has 0 aliphatic heterocycles. The number of fused-ring (bicyclic) bond motifs is 3. The molecule has 36 heavy (non-hydrogen) atoms. The van der Waals surface area contributed by atoms with Crippen molar-refractivity contribution < 1.29 is 20.8 Å². The van der Waals surface area contributed by atoms with Crippen molar-refractivity contribution in [2.24, 2.45) is 21.7 Å². The molecule has 0 aromatic heterocycles. The van der Waals surface area contributed by atoms with Crippen molar-refractivity contribution in [1.29, 1.82) is 0 Å². The Kier molecular flexibility index (Phi) is 9.57. The van der Waals surface area contributed by atoms with Crippen LogP contribution in [0.3, 0.4) is 0 Å². The average Bonchev–Trinajstić information content (AvgIpc) is 3.36. The molecule has 2 saturated carbocycles. The SMILES string of the molecule is CC(C)(C)[C]1[CH][CH][C](C(C)(C)[C]2[C]3[C](C=CC=C3C(C)(C)C)[C]3C=CC=C(C(C)(C)C)[C]32)[CH]1.[Cl][Zr][Cl]. The summed E-state index contributed by atoms with van der Waals surface area (Å²) in [5, 5.41) is 0. The predicted molar refractivity (Wildman–Crippen MR) is 154 cm³/mol. The first kappa shape index (κ1) is 31.0. The van der Waals surface area contributed by atoms with Gasteiger partial charge in [-0.05, 0) is 52.8 Å². The molecule has 0 spiro atoms. The number of allylic oxidation sites excluding steroid dienone is 8. The van der Waals surface area contributed by atoms with Crippen molar-refractivity contribution in [3.05, 3.63) is 108 Å². The molecular weight excluding hydrogens is 558 g/mol. The molecule has 2 fully saturated rings. The van der Waals surface area contributed by atoms with Crippen LogP contribution in [0.15, 0.2) is 47.6 Å². The van der Waals surface area contributed by atoms with Crippen molar-refractivity contribution in [1.82, 2.24) is 0 Å². The molecule has 4 aliphatic carbocycles. The van der Waals surface area contributed by atoms with Crippen molar-refractivity contribution in [3.63, 3.8) is 0 Å². The number of rotatable bonds is 2. The van der Waals surface area contributed by atoms with E-state index in [4.69, 9.17) is 17.0 Å². The van der Waals surface area contributed by atoms with Gasteiger partial charge in [0.05, 0.1) is 0 Å². The Balaban J connectivity index is 0.00000115. The number of hydrogen-bond acceptors (Lipinski definition) is 0. The monoisotopic (exact) mass is 598 g/mol. The van der Waals surface area contributed by atoms with Crippen molar-refractivity contribution in [3.8, 4) is 0 Å². The first-order chi connectivity index (χ1) is 16.5. The fourth-order valence-corrected chi connectivity index (χ4v) is 5.54. The zero-order valence-corrected chi connectivity index (χ0v) is 27.9.